The lowest BCUT2D eigenvalue weighted by Gasteiger charge is -2.15. The summed E-state index contributed by atoms with van der Waals surface area (Å²) in [5, 5.41) is 5.66. The fraction of sp³-hybridized carbons (Fsp3) is 0.172. The Labute approximate surface area is 211 Å². The van der Waals surface area contributed by atoms with E-state index >= 15 is 0 Å². The van der Waals surface area contributed by atoms with Gasteiger partial charge < -0.3 is 25.8 Å². The number of carbonyl (C=O) groups excluding carboxylic acids is 1. The van der Waals surface area contributed by atoms with Gasteiger partial charge in [0, 0.05) is 36.3 Å². The molecule has 4 N–H and O–H groups in total. The number of nitrogens with one attached hydrogen (secondary N) is 2. The molecule has 0 aliphatic carbocycles. The van der Waals surface area contributed by atoms with Crippen LogP contribution in [0.15, 0.2) is 97.3 Å². The van der Waals surface area contributed by atoms with E-state index in [0.717, 1.165) is 40.2 Å². The van der Waals surface area contributed by atoms with E-state index in [-0.39, 0.29) is 6.03 Å². The molecule has 0 spiro atoms. The molecular formula is C29H30N4O3. The molecule has 7 heteroatoms. The van der Waals surface area contributed by atoms with Gasteiger partial charge in [0.05, 0.1) is 6.61 Å². The van der Waals surface area contributed by atoms with Gasteiger partial charge in [-0.3, -0.25) is 4.98 Å². The minimum absolute atomic E-state index is 0.276. The molecule has 0 atom stereocenters. The van der Waals surface area contributed by atoms with Gasteiger partial charge in [-0.05, 0) is 60.0 Å². The van der Waals surface area contributed by atoms with Gasteiger partial charge in [-0.25, -0.2) is 4.79 Å². The molecule has 2 amide bonds. The first-order chi connectivity index (χ1) is 17.7. The van der Waals surface area contributed by atoms with Crippen LogP contribution in [0.2, 0.25) is 0 Å². The van der Waals surface area contributed by atoms with Crippen LogP contribution in [-0.4, -0.2) is 24.2 Å². The summed E-state index contributed by atoms with van der Waals surface area (Å²) in [5.74, 6) is 1.48. The highest BCUT2D eigenvalue weighted by Gasteiger charge is 2.10. The number of nitrogens with zero attached hydrogens (tertiary/aromatic N) is 1. The van der Waals surface area contributed by atoms with Gasteiger partial charge in [0.15, 0.2) is 0 Å². The quantitative estimate of drug-likeness (QED) is 0.249. The molecule has 0 aliphatic rings. The first-order valence-electron chi connectivity index (χ1n) is 11.9. The zero-order valence-corrected chi connectivity index (χ0v) is 20.0. The van der Waals surface area contributed by atoms with Gasteiger partial charge in [-0.1, -0.05) is 48.5 Å². The van der Waals surface area contributed by atoms with Crippen molar-refractivity contribution in [3.05, 3.63) is 108 Å². The summed E-state index contributed by atoms with van der Waals surface area (Å²) in [5.41, 5.74) is 10.2. The summed E-state index contributed by atoms with van der Waals surface area (Å²) in [6.45, 7) is 1.93. The zero-order chi connectivity index (χ0) is 25.0. The molecule has 1 heterocycles. The van der Waals surface area contributed by atoms with E-state index in [2.05, 4.69) is 27.8 Å². The van der Waals surface area contributed by atoms with Gasteiger partial charge in [0.2, 0.25) is 0 Å². The molecule has 3 aromatic carbocycles. The van der Waals surface area contributed by atoms with Crippen molar-refractivity contribution in [2.24, 2.45) is 5.73 Å². The number of hydrogen-bond donors (Lipinski definition) is 3. The molecule has 184 valence electrons. The van der Waals surface area contributed by atoms with Crippen LogP contribution in [0.5, 0.6) is 11.5 Å². The predicted molar refractivity (Wildman–Crippen MR) is 142 cm³/mol. The SMILES string of the molecule is NCCCOc1ccc(-c2ccccc2)c(OCc2ccc(NC(=O)NCc3cccnc3)cc2)c1. The number of carbonyl (C=O) groups is 1. The number of amides is 2. The summed E-state index contributed by atoms with van der Waals surface area (Å²) in [6.07, 6.45) is 4.21. The Morgan fingerprint density at radius 1 is 0.889 bits per heavy atom. The summed E-state index contributed by atoms with van der Waals surface area (Å²) in [4.78, 5) is 16.2. The highest BCUT2D eigenvalue weighted by Crippen LogP contribution is 2.34. The lowest BCUT2D eigenvalue weighted by atomic mass is 10.0. The van der Waals surface area contributed by atoms with E-state index < -0.39 is 0 Å². The van der Waals surface area contributed by atoms with Crippen molar-refractivity contribution in [3.8, 4) is 22.6 Å². The third-order valence-electron chi connectivity index (χ3n) is 5.44. The first-order valence-corrected chi connectivity index (χ1v) is 11.9. The second-order valence-corrected chi connectivity index (χ2v) is 8.17. The molecule has 0 saturated heterocycles. The maximum absolute atomic E-state index is 12.2. The van der Waals surface area contributed by atoms with Crippen molar-refractivity contribution < 1.29 is 14.3 Å². The number of aromatic nitrogens is 1. The fourth-order valence-electron chi connectivity index (χ4n) is 3.55. The Morgan fingerprint density at radius 2 is 1.72 bits per heavy atom. The Morgan fingerprint density at radius 3 is 2.47 bits per heavy atom. The van der Waals surface area contributed by atoms with Crippen molar-refractivity contribution in [3.63, 3.8) is 0 Å². The van der Waals surface area contributed by atoms with Crippen LogP contribution in [0.4, 0.5) is 10.5 Å². The van der Waals surface area contributed by atoms with Crippen molar-refractivity contribution in [2.45, 2.75) is 19.6 Å². The van der Waals surface area contributed by atoms with Gasteiger partial charge in [0.1, 0.15) is 18.1 Å². The number of hydrogen-bond acceptors (Lipinski definition) is 5. The summed E-state index contributed by atoms with van der Waals surface area (Å²) >= 11 is 0. The fourth-order valence-corrected chi connectivity index (χ4v) is 3.55. The van der Waals surface area contributed by atoms with E-state index in [1.165, 1.54) is 0 Å². The molecule has 4 rings (SSSR count). The minimum Gasteiger partial charge on any atom is -0.493 e. The third-order valence-corrected chi connectivity index (χ3v) is 5.44. The van der Waals surface area contributed by atoms with E-state index in [1.54, 1.807) is 12.4 Å². The Kier molecular flexibility index (Phi) is 8.89. The van der Waals surface area contributed by atoms with Gasteiger partial charge in [0.25, 0.3) is 0 Å². The second kappa shape index (κ2) is 12.9. The molecule has 1 aromatic heterocycles. The van der Waals surface area contributed by atoms with Gasteiger partial charge >= 0.3 is 6.03 Å². The third kappa shape index (κ3) is 7.32. The molecular weight excluding hydrogens is 452 g/mol. The number of nitrogens with two attached hydrogens (primary N) is 1. The summed E-state index contributed by atoms with van der Waals surface area (Å²) in [7, 11) is 0. The lowest BCUT2D eigenvalue weighted by Crippen LogP contribution is -2.28. The predicted octanol–water partition coefficient (Wildman–Crippen LogP) is 5.38. The maximum Gasteiger partial charge on any atom is 0.319 e. The van der Waals surface area contributed by atoms with Crippen molar-refractivity contribution >= 4 is 11.7 Å². The van der Waals surface area contributed by atoms with Crippen molar-refractivity contribution in [1.82, 2.24) is 10.3 Å². The topological polar surface area (TPSA) is 98.5 Å². The molecule has 0 radical (unpaired) electrons. The van der Waals surface area contributed by atoms with Crippen LogP contribution in [-0.2, 0) is 13.2 Å². The molecule has 0 bridgehead atoms. The van der Waals surface area contributed by atoms with Crippen LogP contribution < -0.4 is 25.8 Å². The van der Waals surface area contributed by atoms with Crippen LogP contribution in [0.1, 0.15) is 17.5 Å². The molecule has 0 aliphatic heterocycles. The number of ether oxygens (including phenoxy) is 2. The monoisotopic (exact) mass is 482 g/mol. The average molecular weight is 483 g/mol. The molecule has 0 unspecified atom stereocenters. The molecule has 4 aromatic rings. The number of benzene rings is 3. The Balaban J connectivity index is 1.37. The van der Waals surface area contributed by atoms with E-state index in [0.29, 0.717) is 32.0 Å². The van der Waals surface area contributed by atoms with Crippen LogP contribution >= 0.6 is 0 Å². The smallest absolute Gasteiger partial charge is 0.319 e. The van der Waals surface area contributed by atoms with Crippen LogP contribution in [0.25, 0.3) is 11.1 Å². The highest BCUT2D eigenvalue weighted by atomic mass is 16.5. The van der Waals surface area contributed by atoms with Gasteiger partial charge in [-0.15, -0.1) is 0 Å². The van der Waals surface area contributed by atoms with Gasteiger partial charge in [-0.2, -0.15) is 0 Å². The largest absolute Gasteiger partial charge is 0.493 e. The lowest BCUT2D eigenvalue weighted by molar-refractivity contribution is 0.251. The van der Waals surface area contributed by atoms with Crippen LogP contribution in [0, 0.1) is 0 Å². The zero-order valence-electron chi connectivity index (χ0n) is 20.0. The number of urea groups is 1. The number of anilines is 1. The normalized spacial score (nSPS) is 10.5. The van der Waals surface area contributed by atoms with Crippen molar-refractivity contribution in [2.75, 3.05) is 18.5 Å². The Hall–Kier alpha value is -4.36. The standard InChI is InChI=1S/C29H30N4O3/c30-15-5-17-35-26-13-14-27(24-7-2-1-3-8-24)28(18-26)36-21-22-9-11-25(12-10-22)33-29(34)32-20-23-6-4-16-31-19-23/h1-4,6-14,16,18-19H,5,15,17,20-21,30H2,(H2,32,33,34). The molecule has 36 heavy (non-hydrogen) atoms. The van der Waals surface area contributed by atoms with E-state index in [9.17, 15) is 4.79 Å². The summed E-state index contributed by atoms with van der Waals surface area (Å²) < 4.78 is 12.0. The molecule has 0 fully saturated rings. The van der Waals surface area contributed by atoms with Crippen molar-refractivity contribution in [1.29, 1.82) is 0 Å². The molecule has 0 saturated carbocycles. The highest BCUT2D eigenvalue weighted by molar-refractivity contribution is 5.89. The minimum atomic E-state index is -0.276. The average Bonchev–Trinajstić information content (AvgIpc) is 2.93. The number of rotatable bonds is 11. The number of pyridine rings is 1. The molecule has 7 nitrogen and oxygen atoms in total. The second-order valence-electron chi connectivity index (χ2n) is 8.17. The van der Waals surface area contributed by atoms with E-state index in [1.807, 2.05) is 72.8 Å². The van der Waals surface area contributed by atoms with Crippen LogP contribution in [0.3, 0.4) is 0 Å². The summed E-state index contributed by atoms with van der Waals surface area (Å²) in [6, 6.07) is 27.0. The Bertz CT molecular complexity index is 1230. The first kappa shape index (κ1) is 24.8. The maximum atomic E-state index is 12.2. The van der Waals surface area contributed by atoms with E-state index in [4.69, 9.17) is 15.2 Å².